The van der Waals surface area contributed by atoms with Crippen molar-refractivity contribution in [1.29, 1.82) is 0 Å². The summed E-state index contributed by atoms with van der Waals surface area (Å²) in [4.78, 5) is 137. The van der Waals surface area contributed by atoms with E-state index in [1.54, 1.807) is 97.1 Å². The average molecular weight is 1980 g/mol. The summed E-state index contributed by atoms with van der Waals surface area (Å²) < 4.78 is 80.8. The van der Waals surface area contributed by atoms with Gasteiger partial charge in [-0.05, 0) is 269 Å². The van der Waals surface area contributed by atoms with Crippen molar-refractivity contribution in [2.75, 3.05) is 26.4 Å². The minimum atomic E-state index is -0.959. The highest BCUT2D eigenvalue weighted by molar-refractivity contribution is 6.00. The molecule has 0 N–H and O–H groups in total. The standard InChI is InChI=1S/C121H144O24/c1-5-9-13-17-21-25-29-36-42-80-132-98-64-72-106(73-65-98)138-114(124)90-48-56-102(57-49-90)142-118(128)94-84-95(119(129)143-103-58-50-91(51-59-103)115(125)139-107-74-66-99(67-75-107)133-81-43-37-30-26-22-18-14-10-6-2)87-110(86-94)136-112(122)46-40-34-33-35-41-47-113(123)137-111-88-96(120(130)144-104-60-52-92(53-61-104)116(126)140-108-76-68-100(69-77-108)134-82-44-38-31-27-23-19-15-11-7-3)85-97(89-111)121(131)145-105-62-54-93(55-63-105)117(127)141-109-78-70-101(71-79-109)135-83-45-39-32-28-24-20-16-12-8-4/h48-79,84-89H,5-47,80-83H2,1-4H3. The van der Waals surface area contributed by atoms with E-state index in [9.17, 15) is 47.9 Å². The lowest BCUT2D eigenvalue weighted by Crippen LogP contribution is -2.15. The molecule has 0 atom stereocenters. The van der Waals surface area contributed by atoms with Crippen LogP contribution in [-0.2, 0) is 9.59 Å². The highest BCUT2D eigenvalue weighted by Crippen LogP contribution is 2.32. The molecule has 0 radical (unpaired) electrons. The Labute approximate surface area is 854 Å². The molecule has 10 aromatic rings. The van der Waals surface area contributed by atoms with E-state index in [-0.39, 0.29) is 91.8 Å². The number of rotatable bonds is 70. The first-order valence-corrected chi connectivity index (χ1v) is 52.7. The van der Waals surface area contributed by atoms with Gasteiger partial charge >= 0.3 is 59.7 Å². The van der Waals surface area contributed by atoms with Crippen LogP contribution in [0, 0.1) is 0 Å². The number of carbonyl (C=O) groups excluding carboxylic acids is 10. The van der Waals surface area contributed by atoms with Gasteiger partial charge in [-0.3, -0.25) is 9.59 Å². The van der Waals surface area contributed by atoms with Crippen molar-refractivity contribution in [3.8, 4) is 80.5 Å². The van der Waals surface area contributed by atoms with Crippen LogP contribution in [0.3, 0.4) is 0 Å². The molecule has 0 heterocycles. The van der Waals surface area contributed by atoms with E-state index in [0.717, 1.165) is 51.4 Å². The molecule has 24 heteroatoms. The van der Waals surface area contributed by atoms with Crippen LogP contribution < -0.4 is 66.3 Å². The van der Waals surface area contributed by atoms with Crippen molar-refractivity contribution in [2.45, 2.75) is 304 Å². The van der Waals surface area contributed by atoms with Crippen molar-refractivity contribution in [3.63, 3.8) is 0 Å². The van der Waals surface area contributed by atoms with Gasteiger partial charge in [0.1, 0.15) is 80.5 Å². The molecule has 24 nitrogen and oxygen atoms in total. The van der Waals surface area contributed by atoms with Crippen LogP contribution in [0.25, 0.3) is 0 Å². The van der Waals surface area contributed by atoms with Gasteiger partial charge in [0.05, 0.1) is 70.9 Å². The molecular formula is C121H144O24. The second-order valence-corrected chi connectivity index (χ2v) is 36.5. The van der Waals surface area contributed by atoms with Gasteiger partial charge in [-0.1, -0.05) is 252 Å². The zero-order chi connectivity index (χ0) is 102. The Morgan fingerprint density at radius 3 is 0.469 bits per heavy atom. The van der Waals surface area contributed by atoms with Crippen LogP contribution in [0.2, 0.25) is 0 Å². The number of benzene rings is 10. The summed E-state index contributed by atoms with van der Waals surface area (Å²) in [6.07, 6.45) is 45.4. The normalized spacial score (nSPS) is 11.0. The zero-order valence-electron chi connectivity index (χ0n) is 85.0. The fourth-order valence-corrected chi connectivity index (χ4v) is 16.0. The van der Waals surface area contributed by atoms with Gasteiger partial charge in [0.15, 0.2) is 0 Å². The number of hydrogen-bond acceptors (Lipinski definition) is 24. The maximum atomic E-state index is 14.1. The summed E-state index contributed by atoms with van der Waals surface area (Å²) in [5.74, 6) is -4.34. The van der Waals surface area contributed by atoms with E-state index in [2.05, 4.69) is 27.7 Å². The third-order valence-corrected chi connectivity index (χ3v) is 24.4. The van der Waals surface area contributed by atoms with Crippen molar-refractivity contribution < 1.29 is 114 Å². The van der Waals surface area contributed by atoms with E-state index in [0.29, 0.717) is 105 Å². The van der Waals surface area contributed by atoms with E-state index in [1.807, 2.05) is 0 Å². The Hall–Kier alpha value is -13.9. The maximum Gasteiger partial charge on any atom is 0.343 e. The molecule has 0 aliphatic carbocycles. The lowest BCUT2D eigenvalue weighted by Gasteiger charge is -2.12. The van der Waals surface area contributed by atoms with Gasteiger partial charge in [0.25, 0.3) is 0 Å². The van der Waals surface area contributed by atoms with Gasteiger partial charge in [0.2, 0.25) is 0 Å². The maximum absolute atomic E-state index is 14.1. The van der Waals surface area contributed by atoms with E-state index >= 15 is 0 Å². The largest absolute Gasteiger partial charge is 0.494 e. The minimum absolute atomic E-state index is 0.0273. The summed E-state index contributed by atoms with van der Waals surface area (Å²) in [6, 6.07) is 57.0. The predicted molar refractivity (Wildman–Crippen MR) is 559 cm³/mol. The SMILES string of the molecule is CCCCCCCCCCCOc1ccc(OC(=O)c2ccc(OC(=O)c3cc(OC(=O)CCCCCCCC(=O)Oc4cc(C(=O)Oc5ccc(C(=O)Oc6ccc(OCCCCCCCCCCC)cc6)cc5)cc(C(=O)Oc5ccc(C(=O)Oc6ccc(OCCCCCCCCCCC)cc6)cc5)c4)cc(C(=O)Oc4ccc(C(=O)Oc5ccc(OCCCCCCCCCCC)cc5)cc4)c3)cc2)cc1. The first-order chi connectivity index (χ1) is 70.8. The second-order valence-electron chi connectivity index (χ2n) is 36.5. The smallest absolute Gasteiger partial charge is 0.343 e. The molecule has 0 amide bonds. The molecule has 0 aliphatic rings. The Morgan fingerprint density at radius 2 is 0.290 bits per heavy atom. The minimum Gasteiger partial charge on any atom is -0.494 e. The molecule has 0 aromatic heterocycles. The molecule has 0 aliphatic heterocycles. The van der Waals surface area contributed by atoms with Crippen LogP contribution in [0.1, 0.15) is 387 Å². The van der Waals surface area contributed by atoms with Gasteiger partial charge < -0.3 is 66.3 Å². The van der Waals surface area contributed by atoms with Crippen LogP contribution in [0.15, 0.2) is 231 Å². The summed E-state index contributed by atoms with van der Waals surface area (Å²) >= 11 is 0. The molecular weight excluding hydrogens is 1840 g/mol. The number of carbonyl (C=O) groups is 10. The molecule has 0 saturated heterocycles. The summed E-state index contributed by atoms with van der Waals surface area (Å²) in [6.45, 7) is 11.2. The molecule has 0 unspecified atom stereocenters. The quantitative estimate of drug-likeness (QED) is 0.0194. The monoisotopic (exact) mass is 1980 g/mol. The third-order valence-electron chi connectivity index (χ3n) is 24.4. The first-order valence-electron chi connectivity index (χ1n) is 52.7. The lowest BCUT2D eigenvalue weighted by atomic mass is 10.1. The molecule has 0 bridgehead atoms. The van der Waals surface area contributed by atoms with Crippen molar-refractivity contribution in [1.82, 2.24) is 0 Å². The fourth-order valence-electron chi connectivity index (χ4n) is 16.0. The van der Waals surface area contributed by atoms with Gasteiger partial charge in [0, 0.05) is 12.8 Å². The fraction of sp³-hybridized carbons (Fsp3) is 0.421. The molecule has 0 spiro atoms. The zero-order valence-corrected chi connectivity index (χ0v) is 85.0. The van der Waals surface area contributed by atoms with Crippen LogP contribution >= 0.6 is 0 Å². The molecule has 10 aromatic carbocycles. The lowest BCUT2D eigenvalue weighted by molar-refractivity contribution is -0.135. The third kappa shape index (κ3) is 44.1. The predicted octanol–water partition coefficient (Wildman–Crippen LogP) is 30.3. The summed E-state index contributed by atoms with van der Waals surface area (Å²) in [5.41, 5.74) is -0.195. The molecule has 10 rings (SSSR count). The van der Waals surface area contributed by atoms with Crippen LogP contribution in [-0.4, -0.2) is 86.1 Å². The van der Waals surface area contributed by atoms with Crippen LogP contribution in [0.5, 0.6) is 80.5 Å². The molecule has 0 fully saturated rings. The number of esters is 10. The highest BCUT2D eigenvalue weighted by Gasteiger charge is 2.25. The Kier molecular flexibility index (Phi) is 51.5. The Morgan fingerprint density at radius 1 is 0.145 bits per heavy atom. The second kappa shape index (κ2) is 66.1. The van der Waals surface area contributed by atoms with Gasteiger partial charge in [-0.2, -0.15) is 0 Å². The Balaban J connectivity index is 0.728. The van der Waals surface area contributed by atoms with Crippen LogP contribution in [0.4, 0.5) is 0 Å². The van der Waals surface area contributed by atoms with E-state index in [4.69, 9.17) is 66.3 Å². The van der Waals surface area contributed by atoms with Gasteiger partial charge in [-0.15, -0.1) is 0 Å². The number of hydrogen-bond donors (Lipinski definition) is 0. The summed E-state index contributed by atoms with van der Waals surface area (Å²) in [7, 11) is 0. The highest BCUT2D eigenvalue weighted by atomic mass is 16.6. The Bertz CT molecular complexity index is 4900. The van der Waals surface area contributed by atoms with Crippen molar-refractivity contribution >= 4 is 59.7 Å². The van der Waals surface area contributed by atoms with Crippen molar-refractivity contribution in [2.24, 2.45) is 0 Å². The molecule has 0 saturated carbocycles. The summed E-state index contributed by atoms with van der Waals surface area (Å²) in [5, 5.41) is 0. The van der Waals surface area contributed by atoms with E-state index in [1.165, 1.54) is 313 Å². The topological polar surface area (TPSA) is 300 Å². The first kappa shape index (κ1) is 113. The van der Waals surface area contributed by atoms with Crippen molar-refractivity contribution in [3.05, 3.63) is 275 Å². The van der Waals surface area contributed by atoms with E-state index < -0.39 is 59.7 Å². The number of unbranched alkanes of at least 4 members (excludes halogenated alkanes) is 36. The molecule has 772 valence electrons. The molecule has 145 heavy (non-hydrogen) atoms. The number of ether oxygens (including phenoxy) is 14. The average Bonchev–Trinajstić information content (AvgIpc) is 0.820. The van der Waals surface area contributed by atoms with Gasteiger partial charge in [-0.25, -0.2) is 38.4 Å².